The Morgan fingerprint density at radius 1 is 1.44 bits per heavy atom. The highest BCUT2D eigenvalue weighted by Gasteiger charge is 2.18. The molecular formula is C12H15N3O. The Morgan fingerprint density at radius 3 is 2.94 bits per heavy atom. The summed E-state index contributed by atoms with van der Waals surface area (Å²) in [6.07, 6.45) is 3.13. The van der Waals surface area contributed by atoms with Crippen LogP contribution in [0.25, 0.3) is 0 Å². The quantitative estimate of drug-likeness (QED) is 0.722. The molecule has 4 nitrogen and oxygen atoms in total. The number of benzene rings is 1. The normalized spacial score (nSPS) is 15.2. The average Bonchev–Trinajstić information content (AvgIpc) is 2.49. The summed E-state index contributed by atoms with van der Waals surface area (Å²) in [4.78, 5) is 13.4. The van der Waals surface area contributed by atoms with E-state index < -0.39 is 0 Å². The minimum Gasteiger partial charge on any atom is -0.312 e. The summed E-state index contributed by atoms with van der Waals surface area (Å²) in [6.45, 7) is 2.35. The third-order valence-electron chi connectivity index (χ3n) is 2.95. The van der Waals surface area contributed by atoms with Crippen LogP contribution in [0.1, 0.15) is 25.3 Å². The number of carbonyl (C=O) groups is 1. The second-order valence-corrected chi connectivity index (χ2v) is 4.05. The molecule has 84 valence electrons. The number of rotatable bonds is 1. The lowest BCUT2D eigenvalue weighted by Gasteiger charge is -2.21. The molecule has 0 aromatic heterocycles. The van der Waals surface area contributed by atoms with E-state index in [-0.39, 0.29) is 5.91 Å². The summed E-state index contributed by atoms with van der Waals surface area (Å²) in [6, 6.07) is 5.63. The van der Waals surface area contributed by atoms with E-state index in [1.165, 1.54) is 5.56 Å². The highest BCUT2D eigenvalue weighted by Crippen LogP contribution is 2.30. The van der Waals surface area contributed by atoms with Gasteiger partial charge in [-0.15, -0.1) is 0 Å². The number of nitrogens with one attached hydrogen (secondary N) is 1. The molecule has 1 amide bonds. The highest BCUT2D eigenvalue weighted by atomic mass is 16.2. The predicted octanol–water partition coefficient (Wildman–Crippen LogP) is 3.04. The Labute approximate surface area is 94.8 Å². The summed E-state index contributed by atoms with van der Waals surface area (Å²) < 4.78 is 0. The van der Waals surface area contributed by atoms with Crippen LogP contribution >= 0.6 is 0 Å². The zero-order valence-corrected chi connectivity index (χ0v) is 9.36. The number of aryl methyl sites for hydroxylation is 1. The molecule has 1 aromatic carbocycles. The molecule has 0 spiro atoms. The van der Waals surface area contributed by atoms with Crippen molar-refractivity contribution in [2.45, 2.75) is 26.2 Å². The summed E-state index contributed by atoms with van der Waals surface area (Å²) in [5, 5.41) is 3.42. The summed E-state index contributed by atoms with van der Waals surface area (Å²) in [5.74, 6) is 0.0604. The van der Waals surface area contributed by atoms with Crippen molar-refractivity contribution in [3.05, 3.63) is 23.8 Å². The Morgan fingerprint density at radius 2 is 2.25 bits per heavy atom. The van der Waals surface area contributed by atoms with Gasteiger partial charge in [-0.25, -0.2) is 5.53 Å². The molecule has 1 aliphatic rings. The smallest absolute Gasteiger partial charge is 0.223 e. The van der Waals surface area contributed by atoms with Crippen LogP contribution < -0.4 is 4.90 Å². The predicted molar refractivity (Wildman–Crippen MR) is 62.2 cm³/mol. The first-order valence-corrected chi connectivity index (χ1v) is 5.51. The largest absolute Gasteiger partial charge is 0.312 e. The number of hydrogen-bond acceptors (Lipinski definition) is 3. The van der Waals surface area contributed by atoms with E-state index >= 15 is 0 Å². The SMILES string of the molecule is CC(=O)N1CCCCc2ccc(N=N)cc21. The molecule has 16 heavy (non-hydrogen) atoms. The number of hydrogen-bond donors (Lipinski definition) is 1. The van der Waals surface area contributed by atoms with Crippen LogP contribution in [0.5, 0.6) is 0 Å². The monoisotopic (exact) mass is 217 g/mol. The first-order valence-electron chi connectivity index (χ1n) is 5.51. The van der Waals surface area contributed by atoms with Gasteiger partial charge in [-0.05, 0) is 37.0 Å². The van der Waals surface area contributed by atoms with Gasteiger partial charge >= 0.3 is 0 Å². The minimum absolute atomic E-state index is 0.0604. The summed E-state index contributed by atoms with van der Waals surface area (Å²) >= 11 is 0. The minimum atomic E-state index is 0.0604. The lowest BCUT2D eigenvalue weighted by molar-refractivity contribution is -0.116. The lowest BCUT2D eigenvalue weighted by Crippen LogP contribution is -2.29. The fraction of sp³-hybridized carbons (Fsp3) is 0.417. The molecule has 1 heterocycles. The number of amides is 1. The number of carbonyl (C=O) groups excluding carboxylic acids is 1. The van der Waals surface area contributed by atoms with Gasteiger partial charge in [0.15, 0.2) is 0 Å². The van der Waals surface area contributed by atoms with Crippen molar-refractivity contribution in [2.75, 3.05) is 11.4 Å². The van der Waals surface area contributed by atoms with E-state index in [2.05, 4.69) is 5.11 Å². The van der Waals surface area contributed by atoms with Gasteiger partial charge in [0, 0.05) is 19.2 Å². The topological polar surface area (TPSA) is 56.5 Å². The van der Waals surface area contributed by atoms with Crippen LogP contribution in [0.4, 0.5) is 11.4 Å². The molecule has 2 rings (SSSR count). The van der Waals surface area contributed by atoms with Gasteiger partial charge in [0.05, 0.1) is 5.69 Å². The van der Waals surface area contributed by atoms with Crippen molar-refractivity contribution in [1.82, 2.24) is 0 Å². The van der Waals surface area contributed by atoms with Gasteiger partial charge in [0.1, 0.15) is 0 Å². The molecule has 4 heteroatoms. The first-order chi connectivity index (χ1) is 7.72. The number of anilines is 1. The number of fused-ring (bicyclic) bond motifs is 1. The third kappa shape index (κ3) is 1.96. The zero-order chi connectivity index (χ0) is 11.5. The molecule has 0 fully saturated rings. The standard InChI is InChI=1S/C12H15N3O/c1-9(16)15-7-3-2-4-10-5-6-11(14-13)8-12(10)15/h5-6,8,13H,2-4,7H2,1H3. The summed E-state index contributed by atoms with van der Waals surface area (Å²) in [5.41, 5.74) is 9.72. The maximum Gasteiger partial charge on any atom is 0.223 e. The maximum atomic E-state index is 11.6. The molecule has 0 atom stereocenters. The molecule has 0 bridgehead atoms. The van der Waals surface area contributed by atoms with Crippen LogP contribution in [0.3, 0.4) is 0 Å². The molecule has 0 saturated heterocycles. The average molecular weight is 217 g/mol. The molecule has 0 saturated carbocycles. The van der Waals surface area contributed by atoms with Gasteiger partial charge in [-0.2, -0.15) is 5.11 Å². The number of nitrogens with zero attached hydrogens (tertiary/aromatic N) is 2. The Balaban J connectivity index is 2.48. The van der Waals surface area contributed by atoms with Crippen molar-refractivity contribution >= 4 is 17.3 Å². The second-order valence-electron chi connectivity index (χ2n) is 4.05. The zero-order valence-electron chi connectivity index (χ0n) is 9.36. The fourth-order valence-corrected chi connectivity index (χ4v) is 2.12. The first kappa shape index (κ1) is 10.8. The second kappa shape index (κ2) is 4.43. The van der Waals surface area contributed by atoms with Crippen LogP contribution in [-0.4, -0.2) is 12.5 Å². The summed E-state index contributed by atoms with van der Waals surface area (Å²) in [7, 11) is 0. The van der Waals surface area contributed by atoms with E-state index in [9.17, 15) is 4.79 Å². The molecule has 0 radical (unpaired) electrons. The van der Waals surface area contributed by atoms with Gasteiger partial charge in [0.2, 0.25) is 5.91 Å². The van der Waals surface area contributed by atoms with Crippen molar-refractivity contribution in [3.63, 3.8) is 0 Å². The van der Waals surface area contributed by atoms with Gasteiger partial charge in [-0.3, -0.25) is 4.79 Å². The van der Waals surface area contributed by atoms with Crippen molar-refractivity contribution in [2.24, 2.45) is 5.11 Å². The molecule has 1 aliphatic heterocycles. The third-order valence-corrected chi connectivity index (χ3v) is 2.95. The van der Waals surface area contributed by atoms with Crippen LogP contribution in [-0.2, 0) is 11.2 Å². The Kier molecular flexibility index (Phi) is 2.99. The van der Waals surface area contributed by atoms with E-state index in [4.69, 9.17) is 5.53 Å². The van der Waals surface area contributed by atoms with Crippen molar-refractivity contribution in [1.29, 1.82) is 5.53 Å². The van der Waals surface area contributed by atoms with E-state index in [1.807, 2.05) is 18.2 Å². The van der Waals surface area contributed by atoms with E-state index in [0.717, 1.165) is 31.5 Å². The maximum absolute atomic E-state index is 11.6. The van der Waals surface area contributed by atoms with Gasteiger partial charge in [-0.1, -0.05) is 6.07 Å². The van der Waals surface area contributed by atoms with E-state index in [0.29, 0.717) is 5.69 Å². The highest BCUT2D eigenvalue weighted by molar-refractivity contribution is 5.93. The molecular weight excluding hydrogens is 202 g/mol. The van der Waals surface area contributed by atoms with Crippen LogP contribution in [0.15, 0.2) is 23.3 Å². The Bertz CT molecular complexity index is 428. The Hall–Kier alpha value is -1.71. The van der Waals surface area contributed by atoms with Gasteiger partial charge < -0.3 is 4.90 Å². The van der Waals surface area contributed by atoms with E-state index in [1.54, 1.807) is 11.8 Å². The molecule has 1 aromatic rings. The molecule has 0 aliphatic carbocycles. The fourth-order valence-electron chi connectivity index (χ4n) is 2.12. The lowest BCUT2D eigenvalue weighted by atomic mass is 10.1. The molecule has 0 unspecified atom stereocenters. The van der Waals surface area contributed by atoms with Gasteiger partial charge in [0.25, 0.3) is 0 Å². The van der Waals surface area contributed by atoms with Crippen molar-refractivity contribution in [3.8, 4) is 0 Å². The van der Waals surface area contributed by atoms with Crippen molar-refractivity contribution < 1.29 is 4.79 Å². The molecule has 1 N–H and O–H groups in total. The van der Waals surface area contributed by atoms with Crippen LogP contribution in [0.2, 0.25) is 0 Å². The van der Waals surface area contributed by atoms with Crippen LogP contribution in [0, 0.1) is 5.53 Å².